The van der Waals surface area contributed by atoms with E-state index in [2.05, 4.69) is 297 Å². The summed E-state index contributed by atoms with van der Waals surface area (Å²) < 4.78 is 2.96. The molecule has 0 aromatic carbocycles. The number of nitrogens with zero attached hydrogens (tertiary/aromatic N) is 1. The lowest BCUT2D eigenvalue weighted by Crippen LogP contribution is -2.39. The molecule has 9 aliphatic rings. The third-order valence-corrected chi connectivity index (χ3v) is 9.09. The van der Waals surface area contributed by atoms with Gasteiger partial charge in [-0.1, -0.05) is 259 Å². The van der Waals surface area contributed by atoms with Crippen LogP contribution < -0.4 is 52.7 Å². The molecule has 0 unspecified atom stereocenters. The van der Waals surface area contributed by atoms with Crippen LogP contribution in [0.1, 0.15) is 325 Å². The van der Waals surface area contributed by atoms with E-state index in [4.69, 9.17) is 4.84 Å². The Morgan fingerprint density at radius 3 is 0.854 bits per heavy atom. The third-order valence-electron chi connectivity index (χ3n) is 8.43. The smallest absolute Gasteiger partial charge is 0.233 e. The molecule has 586 valence electrons. The minimum absolute atomic E-state index is 0.113. The van der Waals surface area contributed by atoms with Crippen LogP contribution in [0.2, 0.25) is 0 Å². The summed E-state index contributed by atoms with van der Waals surface area (Å²) in [6, 6.07) is 0. The Labute approximate surface area is 608 Å². The average molecular weight is 1390 g/mol. The summed E-state index contributed by atoms with van der Waals surface area (Å²) in [7, 11) is 0. The SMILES string of the molecule is C1=CNSC1.C1=NOCC1.C1CCCNCC1.C1CCNC1.C1CCNCC1.C1CNCCN1.C1CNOC1.CC(C)(C)C.CC(C)(C)C.CC(C)(C)C.CC(C)(C)C.CC(C)(C)C.CC(C)(C)C.CC(C)C.CC(C)C.CC(C)C.O=C1CCCCN1.O=C1CNCCCN1. The van der Waals surface area contributed by atoms with Crippen LogP contribution in [0, 0.1) is 50.2 Å². The molecule has 7 fully saturated rings. The summed E-state index contributed by atoms with van der Waals surface area (Å²) in [5, 5.41) is 28.2. The minimum atomic E-state index is 0.113. The van der Waals surface area contributed by atoms with E-state index in [1.165, 1.54) is 103 Å². The highest BCUT2D eigenvalue weighted by Crippen LogP contribution is 2.11. The number of hydroxylamine groups is 1. The Morgan fingerprint density at radius 1 is 0.365 bits per heavy atom. The van der Waals surface area contributed by atoms with Gasteiger partial charge in [0.25, 0.3) is 0 Å². The maximum Gasteiger partial charge on any atom is 0.233 e. The van der Waals surface area contributed by atoms with Crippen LogP contribution in [0.3, 0.4) is 0 Å². The second-order valence-electron chi connectivity index (χ2n) is 36.7. The van der Waals surface area contributed by atoms with E-state index >= 15 is 0 Å². The predicted molar refractivity (Wildman–Crippen MR) is 438 cm³/mol. The van der Waals surface area contributed by atoms with Crippen LogP contribution in [0.5, 0.6) is 0 Å². The van der Waals surface area contributed by atoms with Gasteiger partial charge in [0.15, 0.2) is 0 Å². The molecular formula is C80H181N11O4S. The first kappa shape index (κ1) is 113. The normalized spacial score (nSPS) is 17.5. The van der Waals surface area contributed by atoms with Crippen molar-refractivity contribution in [2.45, 2.75) is 325 Å². The summed E-state index contributed by atoms with van der Waals surface area (Å²) in [6.45, 7) is 89.9. The summed E-state index contributed by atoms with van der Waals surface area (Å²) >= 11 is 1.71. The standard InChI is InChI=1S/C6H13N.C5H10N2O.C5H9NO.C5H11N.6C5H12.C4H10N2.C4H9N.3C4H10.C3H7NO.C3H5NO.C3H5NS/c1-2-4-6-7-5-3-1;8-5-4-6-2-1-3-7-5;7-5-3-1-2-4-6-5;1-2-4-6-5-3-1;6*1-5(2,3)4;1-2-6-4-3-5-1;1-2-4-5-3-1;3*1-4(2)3;3*1-2-4-5-3-1/h7H,1-6H2;6H,1-4H2,(H,7,8);1-4H2,(H,6,7);6H,1-5H2;6*1-4H3;5-6H,1-4H2;5H,1-4H2;3*4H,1-3H3;4H,1-3H2;2H,1,3H2;1-2,4H,3H2. The lowest BCUT2D eigenvalue weighted by Gasteiger charge is -2.11. The highest BCUT2D eigenvalue weighted by Gasteiger charge is 2.05. The van der Waals surface area contributed by atoms with Crippen molar-refractivity contribution >= 4 is 30.0 Å². The summed E-state index contributed by atoms with van der Waals surface area (Å²) in [4.78, 5) is 30.1. The molecular weight excluding hydrogens is 1210 g/mol. The van der Waals surface area contributed by atoms with Crippen LogP contribution >= 0.6 is 11.9 Å². The van der Waals surface area contributed by atoms with Gasteiger partial charge in [-0.3, -0.25) is 9.59 Å². The van der Waals surface area contributed by atoms with Crippen molar-refractivity contribution in [2.75, 3.05) is 117 Å². The van der Waals surface area contributed by atoms with E-state index in [-0.39, 0.29) is 11.8 Å². The molecule has 9 rings (SSSR count). The van der Waals surface area contributed by atoms with E-state index in [1.807, 2.05) is 6.20 Å². The second kappa shape index (κ2) is 80.3. The Morgan fingerprint density at radius 2 is 0.667 bits per heavy atom. The van der Waals surface area contributed by atoms with Crippen molar-refractivity contribution in [1.82, 2.24) is 52.7 Å². The molecule has 96 heavy (non-hydrogen) atoms. The lowest BCUT2D eigenvalue weighted by atomic mass is 10.0. The van der Waals surface area contributed by atoms with E-state index < -0.39 is 0 Å². The molecule has 10 N–H and O–H groups in total. The maximum atomic E-state index is 10.5. The first-order valence-electron chi connectivity index (χ1n) is 38.3. The molecule has 0 aromatic rings. The summed E-state index contributed by atoms with van der Waals surface area (Å²) in [5.74, 6) is 3.95. The number of hydrogen-bond donors (Lipinski definition) is 10. The number of rotatable bonds is 0. The van der Waals surface area contributed by atoms with Crippen LogP contribution in [0.25, 0.3) is 0 Å². The van der Waals surface area contributed by atoms with Crippen LogP contribution in [-0.4, -0.2) is 135 Å². The molecule has 15 nitrogen and oxygen atoms in total. The second-order valence-corrected chi connectivity index (χ2v) is 37.5. The topological polar surface area (TPSA) is 185 Å². The number of piperazine rings is 1. The molecule has 7 saturated heterocycles. The van der Waals surface area contributed by atoms with Gasteiger partial charge in [0.05, 0.1) is 13.2 Å². The number of nitrogens with one attached hydrogen (secondary N) is 10. The van der Waals surface area contributed by atoms with E-state index in [9.17, 15) is 9.59 Å². The van der Waals surface area contributed by atoms with E-state index in [0.29, 0.717) is 39.0 Å². The lowest BCUT2D eigenvalue weighted by molar-refractivity contribution is -0.122. The molecule has 0 spiro atoms. The Balaban J connectivity index is -0.000000120. The van der Waals surface area contributed by atoms with Gasteiger partial charge in [0.1, 0.15) is 6.61 Å². The molecule has 0 radical (unpaired) electrons. The monoisotopic (exact) mass is 1390 g/mol. The molecule has 9 heterocycles. The summed E-state index contributed by atoms with van der Waals surface area (Å²) in [5.41, 5.74) is 5.72. The summed E-state index contributed by atoms with van der Waals surface area (Å²) in [6.07, 6.45) is 24.6. The number of carbonyl (C=O) groups excluding carboxylic acids is 2. The van der Waals surface area contributed by atoms with Crippen molar-refractivity contribution < 1.29 is 19.3 Å². The van der Waals surface area contributed by atoms with Crippen molar-refractivity contribution in [3.63, 3.8) is 0 Å². The van der Waals surface area contributed by atoms with Crippen LogP contribution in [0.15, 0.2) is 17.4 Å². The Hall–Kier alpha value is -2.02. The van der Waals surface area contributed by atoms with Crippen LogP contribution in [-0.2, 0) is 19.3 Å². The van der Waals surface area contributed by atoms with Gasteiger partial charge in [-0.2, -0.15) is 0 Å². The van der Waals surface area contributed by atoms with Gasteiger partial charge >= 0.3 is 0 Å². The Kier molecular flexibility index (Phi) is 94.1. The van der Waals surface area contributed by atoms with Gasteiger partial charge < -0.3 is 56.9 Å². The zero-order chi connectivity index (χ0) is 76.2. The Bertz CT molecular complexity index is 1250. The molecule has 0 aliphatic carbocycles. The predicted octanol–water partition coefficient (Wildman–Crippen LogP) is 19.2. The van der Waals surface area contributed by atoms with Crippen molar-refractivity contribution in [2.24, 2.45) is 55.4 Å². The first-order chi connectivity index (χ1) is 44.0. The van der Waals surface area contributed by atoms with E-state index in [1.54, 1.807) is 18.2 Å². The van der Waals surface area contributed by atoms with Gasteiger partial charge in [-0.05, 0) is 172 Å². The number of piperidine rings is 2. The van der Waals surface area contributed by atoms with Crippen LogP contribution in [0.4, 0.5) is 0 Å². The molecule has 2 amide bonds. The average Bonchev–Trinajstić information content (AvgIpc) is 4.49. The zero-order valence-corrected chi connectivity index (χ0v) is 72.1. The molecule has 0 atom stereocenters. The number of oxime groups is 1. The zero-order valence-electron chi connectivity index (χ0n) is 71.3. The number of hydrogen-bond acceptors (Lipinski definition) is 14. The molecule has 0 aromatic heterocycles. The fourth-order valence-electron chi connectivity index (χ4n) is 5.31. The van der Waals surface area contributed by atoms with Gasteiger partial charge in [-0.15, -0.1) is 0 Å². The fourth-order valence-corrected chi connectivity index (χ4v) is 5.79. The molecule has 0 saturated carbocycles. The number of carbonyl (C=O) groups is 2. The quantitative estimate of drug-likeness (QED) is 0.103. The van der Waals surface area contributed by atoms with Gasteiger partial charge in [0, 0.05) is 76.8 Å². The van der Waals surface area contributed by atoms with Crippen molar-refractivity contribution in [3.05, 3.63) is 12.3 Å². The molecule has 0 bridgehead atoms. The highest BCUT2D eigenvalue weighted by atomic mass is 32.2. The molecule has 9 aliphatic heterocycles. The van der Waals surface area contributed by atoms with E-state index in [0.717, 1.165) is 121 Å². The largest absolute Gasteiger partial charge is 0.396 e. The van der Waals surface area contributed by atoms with Gasteiger partial charge in [0.2, 0.25) is 11.8 Å². The highest BCUT2D eigenvalue weighted by molar-refractivity contribution is 7.97. The van der Waals surface area contributed by atoms with Gasteiger partial charge in [-0.25, -0.2) is 5.48 Å². The molecule has 16 heteroatoms. The maximum absolute atomic E-state index is 10.5. The minimum Gasteiger partial charge on any atom is -0.396 e. The number of amides is 2. The fraction of sp³-hybridized carbons (Fsp3) is 0.938. The van der Waals surface area contributed by atoms with Crippen molar-refractivity contribution in [1.29, 1.82) is 0 Å². The third kappa shape index (κ3) is 261. The van der Waals surface area contributed by atoms with Crippen molar-refractivity contribution in [3.8, 4) is 0 Å². The first-order valence-corrected chi connectivity index (χ1v) is 39.3.